The monoisotopic (exact) mass is 244 g/mol. The van der Waals surface area contributed by atoms with Gasteiger partial charge in [0.1, 0.15) is 0 Å². The summed E-state index contributed by atoms with van der Waals surface area (Å²) in [6.45, 7) is 7.80. The molecule has 5 nitrogen and oxygen atoms in total. The number of urea groups is 1. The molecular weight excluding hydrogens is 220 g/mol. The highest BCUT2D eigenvalue weighted by Gasteiger charge is 2.20. The van der Waals surface area contributed by atoms with Crippen molar-refractivity contribution in [2.24, 2.45) is 5.92 Å². The highest BCUT2D eigenvalue weighted by molar-refractivity contribution is 5.76. The molecule has 0 aliphatic heterocycles. The number of hydrogen-bond donors (Lipinski definition) is 3. The van der Waals surface area contributed by atoms with Gasteiger partial charge in [0.05, 0.1) is 6.42 Å². The first-order valence-electron chi connectivity index (χ1n) is 6.19. The molecule has 0 saturated carbocycles. The fourth-order valence-corrected chi connectivity index (χ4v) is 1.53. The number of rotatable bonds is 7. The number of hydrogen-bond acceptors (Lipinski definition) is 2. The van der Waals surface area contributed by atoms with E-state index in [1.54, 1.807) is 0 Å². The van der Waals surface area contributed by atoms with Crippen LogP contribution in [0, 0.1) is 5.92 Å². The molecule has 0 aromatic carbocycles. The van der Waals surface area contributed by atoms with Crippen molar-refractivity contribution >= 4 is 12.0 Å². The van der Waals surface area contributed by atoms with Gasteiger partial charge in [-0.2, -0.15) is 0 Å². The zero-order chi connectivity index (χ0) is 13.4. The highest BCUT2D eigenvalue weighted by Crippen LogP contribution is 2.06. The summed E-state index contributed by atoms with van der Waals surface area (Å²) >= 11 is 0. The van der Waals surface area contributed by atoms with Crippen LogP contribution in [-0.4, -0.2) is 29.2 Å². The Morgan fingerprint density at radius 1 is 1.12 bits per heavy atom. The molecule has 2 amide bonds. The first kappa shape index (κ1) is 15.7. The van der Waals surface area contributed by atoms with Crippen molar-refractivity contribution < 1.29 is 14.7 Å². The predicted molar refractivity (Wildman–Crippen MR) is 66.9 cm³/mol. The Labute approximate surface area is 103 Å². The van der Waals surface area contributed by atoms with E-state index in [9.17, 15) is 9.59 Å². The van der Waals surface area contributed by atoms with Gasteiger partial charge in [0.15, 0.2) is 0 Å². The minimum atomic E-state index is -0.897. The van der Waals surface area contributed by atoms with Crippen LogP contribution in [0.5, 0.6) is 0 Å². The van der Waals surface area contributed by atoms with Crippen LogP contribution in [0.4, 0.5) is 4.79 Å². The van der Waals surface area contributed by atoms with E-state index in [2.05, 4.69) is 10.6 Å². The Balaban J connectivity index is 4.25. The SMILES string of the molecule is CCC(CC)NC(=O)NC(CC(=O)O)C(C)C. The van der Waals surface area contributed by atoms with Crippen LogP contribution in [0.25, 0.3) is 0 Å². The average molecular weight is 244 g/mol. The number of amides is 2. The predicted octanol–water partition coefficient (Wildman–Crippen LogP) is 1.97. The Morgan fingerprint density at radius 3 is 2.00 bits per heavy atom. The molecule has 1 unspecified atom stereocenters. The third-order valence-electron chi connectivity index (χ3n) is 2.84. The van der Waals surface area contributed by atoms with Crippen molar-refractivity contribution in [1.82, 2.24) is 10.6 Å². The smallest absolute Gasteiger partial charge is 0.315 e. The zero-order valence-corrected chi connectivity index (χ0v) is 11.1. The van der Waals surface area contributed by atoms with Crippen molar-refractivity contribution in [2.75, 3.05) is 0 Å². The van der Waals surface area contributed by atoms with E-state index in [-0.39, 0.29) is 30.5 Å². The van der Waals surface area contributed by atoms with Gasteiger partial charge in [0.25, 0.3) is 0 Å². The molecule has 1 atom stereocenters. The Kier molecular flexibility index (Phi) is 7.34. The number of aliphatic carboxylic acids is 1. The standard InChI is InChI=1S/C12H24N2O3/c1-5-9(6-2)13-12(17)14-10(8(3)4)7-11(15)16/h8-10H,5-7H2,1-4H3,(H,15,16)(H2,13,14,17). The molecule has 0 aromatic rings. The zero-order valence-electron chi connectivity index (χ0n) is 11.1. The maximum absolute atomic E-state index is 11.7. The molecule has 0 heterocycles. The van der Waals surface area contributed by atoms with Gasteiger partial charge in [-0.1, -0.05) is 27.7 Å². The van der Waals surface area contributed by atoms with Gasteiger partial charge in [0.2, 0.25) is 0 Å². The van der Waals surface area contributed by atoms with Crippen molar-refractivity contribution in [3.8, 4) is 0 Å². The summed E-state index contributed by atoms with van der Waals surface area (Å²) in [4.78, 5) is 22.3. The van der Waals surface area contributed by atoms with Gasteiger partial charge in [-0.3, -0.25) is 4.79 Å². The van der Waals surface area contributed by atoms with Crippen LogP contribution < -0.4 is 10.6 Å². The molecule has 0 aromatic heterocycles. The fourth-order valence-electron chi connectivity index (χ4n) is 1.53. The lowest BCUT2D eigenvalue weighted by molar-refractivity contribution is -0.137. The van der Waals surface area contributed by atoms with E-state index in [1.807, 2.05) is 27.7 Å². The van der Waals surface area contributed by atoms with Gasteiger partial charge in [-0.05, 0) is 18.8 Å². The molecule has 5 heteroatoms. The maximum atomic E-state index is 11.7. The van der Waals surface area contributed by atoms with Crippen LogP contribution in [0.15, 0.2) is 0 Å². The molecular formula is C12H24N2O3. The lowest BCUT2D eigenvalue weighted by Crippen LogP contribution is -2.48. The van der Waals surface area contributed by atoms with Crippen molar-refractivity contribution in [2.45, 2.75) is 59.0 Å². The number of carbonyl (C=O) groups excluding carboxylic acids is 1. The minimum Gasteiger partial charge on any atom is -0.481 e. The van der Waals surface area contributed by atoms with Crippen molar-refractivity contribution in [1.29, 1.82) is 0 Å². The van der Waals surface area contributed by atoms with Crippen LogP contribution in [-0.2, 0) is 4.79 Å². The number of carboxylic acids is 1. The summed E-state index contributed by atoms with van der Waals surface area (Å²) < 4.78 is 0. The van der Waals surface area contributed by atoms with Gasteiger partial charge >= 0.3 is 12.0 Å². The quantitative estimate of drug-likeness (QED) is 0.640. The molecule has 0 radical (unpaired) electrons. The Hall–Kier alpha value is -1.26. The topological polar surface area (TPSA) is 78.4 Å². The van der Waals surface area contributed by atoms with Crippen LogP contribution in [0.1, 0.15) is 47.0 Å². The lowest BCUT2D eigenvalue weighted by Gasteiger charge is -2.23. The molecule has 0 fully saturated rings. The summed E-state index contributed by atoms with van der Waals surface area (Å²) in [5, 5.41) is 14.3. The van der Waals surface area contributed by atoms with Crippen molar-refractivity contribution in [3.63, 3.8) is 0 Å². The Bertz CT molecular complexity index is 250. The normalized spacial score (nSPS) is 12.6. The van der Waals surface area contributed by atoms with E-state index in [1.165, 1.54) is 0 Å². The second kappa shape index (κ2) is 7.92. The number of nitrogens with one attached hydrogen (secondary N) is 2. The molecule has 0 spiro atoms. The first-order valence-corrected chi connectivity index (χ1v) is 6.19. The Morgan fingerprint density at radius 2 is 1.65 bits per heavy atom. The largest absolute Gasteiger partial charge is 0.481 e. The summed E-state index contributed by atoms with van der Waals surface area (Å²) in [6.07, 6.45) is 1.69. The summed E-state index contributed by atoms with van der Waals surface area (Å²) in [5.74, 6) is -0.801. The number of carboxylic acid groups (broad SMARTS) is 1. The molecule has 0 aliphatic rings. The van der Waals surface area contributed by atoms with E-state index < -0.39 is 5.97 Å². The van der Waals surface area contributed by atoms with Gasteiger partial charge in [0, 0.05) is 12.1 Å². The van der Waals surface area contributed by atoms with Crippen LogP contribution in [0.3, 0.4) is 0 Å². The van der Waals surface area contributed by atoms with Crippen molar-refractivity contribution in [3.05, 3.63) is 0 Å². The summed E-state index contributed by atoms with van der Waals surface area (Å²) in [5.41, 5.74) is 0. The minimum absolute atomic E-state index is 0.0476. The second-order valence-electron chi connectivity index (χ2n) is 4.58. The summed E-state index contributed by atoms with van der Waals surface area (Å²) in [6, 6.07) is -0.465. The molecule has 0 rings (SSSR count). The van der Waals surface area contributed by atoms with Crippen LogP contribution >= 0.6 is 0 Å². The van der Waals surface area contributed by atoms with E-state index in [0.717, 1.165) is 12.8 Å². The van der Waals surface area contributed by atoms with E-state index in [0.29, 0.717) is 0 Å². The molecule has 0 saturated heterocycles. The highest BCUT2D eigenvalue weighted by atomic mass is 16.4. The molecule has 3 N–H and O–H groups in total. The molecule has 0 bridgehead atoms. The van der Waals surface area contributed by atoms with Crippen LogP contribution in [0.2, 0.25) is 0 Å². The maximum Gasteiger partial charge on any atom is 0.315 e. The van der Waals surface area contributed by atoms with Gasteiger partial charge in [-0.25, -0.2) is 4.79 Å². The average Bonchev–Trinajstić information content (AvgIpc) is 2.24. The second-order valence-corrected chi connectivity index (χ2v) is 4.58. The van der Waals surface area contributed by atoms with E-state index >= 15 is 0 Å². The third-order valence-corrected chi connectivity index (χ3v) is 2.84. The third kappa shape index (κ3) is 6.81. The van der Waals surface area contributed by atoms with E-state index in [4.69, 9.17) is 5.11 Å². The lowest BCUT2D eigenvalue weighted by atomic mass is 10.0. The first-order chi connectivity index (χ1) is 7.90. The fraction of sp³-hybridized carbons (Fsp3) is 0.833. The molecule has 100 valence electrons. The molecule has 17 heavy (non-hydrogen) atoms. The number of carbonyl (C=O) groups is 2. The van der Waals surface area contributed by atoms with Gasteiger partial charge in [-0.15, -0.1) is 0 Å². The van der Waals surface area contributed by atoms with Gasteiger partial charge < -0.3 is 15.7 Å². The summed E-state index contributed by atoms with van der Waals surface area (Å²) in [7, 11) is 0. The molecule has 0 aliphatic carbocycles.